The van der Waals surface area contributed by atoms with E-state index in [1.165, 1.54) is 0 Å². The van der Waals surface area contributed by atoms with Crippen molar-refractivity contribution in [2.24, 2.45) is 0 Å². The second-order valence-corrected chi connectivity index (χ2v) is 4.30. The third-order valence-corrected chi connectivity index (χ3v) is 2.51. The molecule has 5 nitrogen and oxygen atoms in total. The number of fused-ring (bicyclic) bond motifs is 1. The second-order valence-electron chi connectivity index (χ2n) is 4.30. The van der Waals surface area contributed by atoms with Crippen molar-refractivity contribution >= 4 is 22.8 Å². The Kier molecular flexibility index (Phi) is 3.49. The molecule has 0 spiro atoms. The van der Waals surface area contributed by atoms with E-state index < -0.39 is 0 Å². The predicted molar refractivity (Wildman–Crippen MR) is 70.1 cm³/mol. The SMILES string of the molecule is CN(C)CCCNc1nc2c(N)cccc2o1. The van der Waals surface area contributed by atoms with E-state index in [1.54, 1.807) is 0 Å². The molecule has 0 aliphatic rings. The molecule has 2 rings (SSSR count). The number of rotatable bonds is 5. The normalized spacial score (nSPS) is 11.2. The molecule has 1 aromatic carbocycles. The average Bonchev–Trinajstić information content (AvgIpc) is 2.69. The van der Waals surface area contributed by atoms with Crippen LogP contribution in [0.25, 0.3) is 11.1 Å². The lowest BCUT2D eigenvalue weighted by atomic mass is 10.3. The summed E-state index contributed by atoms with van der Waals surface area (Å²) < 4.78 is 5.54. The molecule has 17 heavy (non-hydrogen) atoms. The molecule has 0 amide bonds. The van der Waals surface area contributed by atoms with Crippen LogP contribution in [0.15, 0.2) is 22.6 Å². The minimum Gasteiger partial charge on any atom is -0.423 e. The van der Waals surface area contributed by atoms with Crippen LogP contribution in [0.3, 0.4) is 0 Å². The maximum atomic E-state index is 5.81. The fourth-order valence-electron chi connectivity index (χ4n) is 1.64. The molecule has 0 saturated carbocycles. The quantitative estimate of drug-likeness (QED) is 0.609. The number of para-hydroxylation sites is 1. The molecule has 2 aromatic rings. The zero-order valence-corrected chi connectivity index (χ0v) is 10.2. The zero-order chi connectivity index (χ0) is 12.3. The number of hydrogen-bond acceptors (Lipinski definition) is 5. The van der Waals surface area contributed by atoms with E-state index in [0.29, 0.717) is 11.7 Å². The summed E-state index contributed by atoms with van der Waals surface area (Å²) in [5.74, 6) is 0. The third kappa shape index (κ3) is 2.88. The van der Waals surface area contributed by atoms with Gasteiger partial charge >= 0.3 is 0 Å². The summed E-state index contributed by atoms with van der Waals surface area (Å²) in [5.41, 5.74) is 7.90. The minimum atomic E-state index is 0.539. The molecule has 0 radical (unpaired) electrons. The van der Waals surface area contributed by atoms with Gasteiger partial charge in [0.05, 0.1) is 5.69 Å². The van der Waals surface area contributed by atoms with Crippen molar-refractivity contribution in [2.45, 2.75) is 6.42 Å². The van der Waals surface area contributed by atoms with Crippen molar-refractivity contribution in [3.8, 4) is 0 Å². The highest BCUT2D eigenvalue weighted by Crippen LogP contribution is 2.23. The van der Waals surface area contributed by atoms with Crippen LogP contribution in [0, 0.1) is 0 Å². The van der Waals surface area contributed by atoms with Gasteiger partial charge in [-0.1, -0.05) is 6.07 Å². The minimum absolute atomic E-state index is 0.539. The standard InChI is InChI=1S/C12H18N4O/c1-16(2)8-4-7-14-12-15-11-9(13)5-3-6-10(11)17-12/h3,5-6H,4,7-8,13H2,1-2H3,(H,14,15). The number of oxazole rings is 1. The van der Waals surface area contributed by atoms with Crippen LogP contribution in [-0.2, 0) is 0 Å². The molecule has 0 unspecified atom stereocenters. The Balaban J connectivity index is 1.98. The molecular weight excluding hydrogens is 216 g/mol. The van der Waals surface area contributed by atoms with Gasteiger partial charge in [0.1, 0.15) is 5.52 Å². The van der Waals surface area contributed by atoms with Gasteiger partial charge in [-0.25, -0.2) is 0 Å². The van der Waals surface area contributed by atoms with E-state index in [1.807, 2.05) is 18.2 Å². The van der Waals surface area contributed by atoms with Gasteiger partial charge in [-0.2, -0.15) is 4.98 Å². The molecule has 0 fully saturated rings. The molecule has 3 N–H and O–H groups in total. The maximum absolute atomic E-state index is 5.81. The lowest BCUT2D eigenvalue weighted by Gasteiger charge is -2.08. The Labute approximate surface area is 101 Å². The molecule has 1 heterocycles. The van der Waals surface area contributed by atoms with Gasteiger partial charge in [-0.3, -0.25) is 0 Å². The van der Waals surface area contributed by atoms with Crippen LogP contribution >= 0.6 is 0 Å². The average molecular weight is 234 g/mol. The Bertz CT molecular complexity index is 492. The fourth-order valence-corrected chi connectivity index (χ4v) is 1.64. The van der Waals surface area contributed by atoms with Crippen LogP contribution < -0.4 is 11.1 Å². The predicted octanol–water partition coefficient (Wildman–Crippen LogP) is 1.77. The zero-order valence-electron chi connectivity index (χ0n) is 10.2. The van der Waals surface area contributed by atoms with Gasteiger partial charge in [-0.15, -0.1) is 0 Å². The third-order valence-electron chi connectivity index (χ3n) is 2.51. The van der Waals surface area contributed by atoms with Gasteiger partial charge in [0, 0.05) is 6.54 Å². The summed E-state index contributed by atoms with van der Waals surface area (Å²) in [7, 11) is 4.11. The Morgan fingerprint density at radius 3 is 2.94 bits per heavy atom. The maximum Gasteiger partial charge on any atom is 0.295 e. The molecule has 1 aromatic heterocycles. The number of nitrogens with two attached hydrogens (primary N) is 1. The van der Waals surface area contributed by atoms with Gasteiger partial charge in [0.2, 0.25) is 0 Å². The van der Waals surface area contributed by atoms with Crippen molar-refractivity contribution in [1.29, 1.82) is 0 Å². The van der Waals surface area contributed by atoms with Crippen molar-refractivity contribution in [1.82, 2.24) is 9.88 Å². The highest BCUT2D eigenvalue weighted by molar-refractivity contribution is 5.86. The van der Waals surface area contributed by atoms with E-state index in [0.717, 1.165) is 30.6 Å². The number of nitrogen functional groups attached to an aromatic ring is 1. The Hall–Kier alpha value is -1.75. The van der Waals surface area contributed by atoms with Crippen LogP contribution in [-0.4, -0.2) is 37.1 Å². The lowest BCUT2D eigenvalue weighted by Crippen LogP contribution is -2.16. The van der Waals surface area contributed by atoms with Crippen LogP contribution in [0.2, 0.25) is 0 Å². The van der Waals surface area contributed by atoms with E-state index in [4.69, 9.17) is 10.2 Å². The van der Waals surface area contributed by atoms with Crippen LogP contribution in [0.4, 0.5) is 11.7 Å². The summed E-state index contributed by atoms with van der Waals surface area (Å²) in [6, 6.07) is 6.08. The van der Waals surface area contributed by atoms with E-state index >= 15 is 0 Å². The topological polar surface area (TPSA) is 67.3 Å². The number of nitrogens with zero attached hydrogens (tertiary/aromatic N) is 2. The van der Waals surface area contributed by atoms with Gasteiger partial charge in [0.25, 0.3) is 6.01 Å². The molecular formula is C12H18N4O. The molecule has 0 bridgehead atoms. The van der Waals surface area contributed by atoms with E-state index in [9.17, 15) is 0 Å². The summed E-state index contributed by atoms with van der Waals surface area (Å²) in [6.07, 6.45) is 1.04. The highest BCUT2D eigenvalue weighted by atomic mass is 16.4. The van der Waals surface area contributed by atoms with Gasteiger partial charge in [0.15, 0.2) is 5.58 Å². The second kappa shape index (κ2) is 5.05. The number of nitrogens with one attached hydrogen (secondary N) is 1. The summed E-state index contributed by atoms with van der Waals surface area (Å²) in [5, 5.41) is 3.16. The van der Waals surface area contributed by atoms with Crippen molar-refractivity contribution in [2.75, 3.05) is 38.2 Å². The summed E-state index contributed by atoms with van der Waals surface area (Å²) in [6.45, 7) is 1.88. The van der Waals surface area contributed by atoms with Crippen LogP contribution in [0.5, 0.6) is 0 Å². The monoisotopic (exact) mass is 234 g/mol. The smallest absolute Gasteiger partial charge is 0.295 e. The summed E-state index contributed by atoms with van der Waals surface area (Å²) >= 11 is 0. The molecule has 5 heteroatoms. The molecule has 0 aliphatic heterocycles. The Morgan fingerprint density at radius 2 is 2.24 bits per heavy atom. The first-order valence-electron chi connectivity index (χ1n) is 5.70. The largest absolute Gasteiger partial charge is 0.423 e. The van der Waals surface area contributed by atoms with Crippen molar-refractivity contribution < 1.29 is 4.42 Å². The highest BCUT2D eigenvalue weighted by Gasteiger charge is 2.06. The summed E-state index contributed by atoms with van der Waals surface area (Å²) in [4.78, 5) is 6.46. The van der Waals surface area contributed by atoms with Gasteiger partial charge < -0.3 is 20.4 Å². The van der Waals surface area contributed by atoms with Crippen molar-refractivity contribution in [3.05, 3.63) is 18.2 Å². The number of hydrogen-bond donors (Lipinski definition) is 2. The first-order valence-corrected chi connectivity index (χ1v) is 5.70. The Morgan fingerprint density at radius 1 is 1.41 bits per heavy atom. The molecule has 92 valence electrons. The molecule has 0 atom stereocenters. The first kappa shape index (κ1) is 11.7. The number of benzene rings is 1. The van der Waals surface area contributed by atoms with Gasteiger partial charge in [-0.05, 0) is 39.2 Å². The first-order chi connectivity index (χ1) is 8.16. The molecule has 0 saturated heterocycles. The fraction of sp³-hybridized carbons (Fsp3) is 0.417. The lowest BCUT2D eigenvalue weighted by molar-refractivity contribution is 0.404. The van der Waals surface area contributed by atoms with E-state index in [2.05, 4.69) is 29.3 Å². The number of anilines is 2. The van der Waals surface area contributed by atoms with E-state index in [-0.39, 0.29) is 0 Å². The van der Waals surface area contributed by atoms with Crippen molar-refractivity contribution in [3.63, 3.8) is 0 Å². The molecule has 0 aliphatic carbocycles. The number of aromatic nitrogens is 1. The van der Waals surface area contributed by atoms with Crippen LogP contribution in [0.1, 0.15) is 6.42 Å².